The Balaban J connectivity index is 2.60. The fourth-order valence-corrected chi connectivity index (χ4v) is 4.93. The number of hydrogen-bond donors (Lipinski definition) is 2. The largest absolute Gasteiger partial charge is 0.480 e. The van der Waals surface area contributed by atoms with Crippen molar-refractivity contribution in [3.05, 3.63) is 53.4 Å². The Morgan fingerprint density at radius 1 is 1.19 bits per heavy atom. The number of benzene rings is 1. The number of carboxylic acid groups (broad SMARTS) is 1. The molecule has 0 saturated carbocycles. The highest BCUT2D eigenvalue weighted by atomic mass is 32.2. The van der Waals surface area contributed by atoms with Gasteiger partial charge in [-0.15, -0.1) is 11.3 Å². The van der Waals surface area contributed by atoms with Gasteiger partial charge in [0, 0.05) is 0 Å². The van der Waals surface area contributed by atoms with E-state index in [2.05, 4.69) is 0 Å². The summed E-state index contributed by atoms with van der Waals surface area (Å²) in [5.74, 6) is -1.59. The van der Waals surface area contributed by atoms with E-state index in [0.717, 1.165) is 18.3 Å². The van der Waals surface area contributed by atoms with E-state index in [4.69, 9.17) is 0 Å². The molecule has 5 nitrogen and oxygen atoms in total. The number of rotatable bonds is 5. The van der Waals surface area contributed by atoms with Crippen LogP contribution < -0.4 is 0 Å². The first kappa shape index (κ1) is 15.7. The van der Waals surface area contributed by atoms with Crippen LogP contribution >= 0.6 is 11.3 Å². The minimum absolute atomic E-state index is 0.0811. The van der Waals surface area contributed by atoms with E-state index >= 15 is 0 Å². The van der Waals surface area contributed by atoms with E-state index in [1.807, 2.05) is 0 Å². The zero-order valence-corrected chi connectivity index (χ0v) is 12.8. The standard InChI is InChI=1S/C14H14O5S2/c1-14(13(16)17,12(15)10-6-3-2-4-7-10)21(18,19)11-8-5-9-20-11/h2-9,12,15H,1H3,(H,16,17). The summed E-state index contributed by atoms with van der Waals surface area (Å²) in [6.07, 6.45) is -1.68. The quantitative estimate of drug-likeness (QED) is 0.878. The van der Waals surface area contributed by atoms with Gasteiger partial charge in [-0.05, 0) is 23.9 Å². The highest BCUT2D eigenvalue weighted by Gasteiger charge is 2.54. The molecule has 0 amide bonds. The molecule has 2 atom stereocenters. The Morgan fingerprint density at radius 3 is 2.29 bits per heavy atom. The summed E-state index contributed by atoms with van der Waals surface area (Å²) >= 11 is 0.924. The fourth-order valence-electron chi connectivity index (χ4n) is 1.96. The van der Waals surface area contributed by atoms with Gasteiger partial charge in [-0.25, -0.2) is 8.42 Å². The van der Waals surface area contributed by atoms with Crippen molar-refractivity contribution in [3.63, 3.8) is 0 Å². The summed E-state index contributed by atoms with van der Waals surface area (Å²) in [5, 5.41) is 21.4. The molecule has 2 unspecified atom stereocenters. The predicted molar refractivity (Wildman–Crippen MR) is 78.9 cm³/mol. The van der Waals surface area contributed by atoms with Crippen LogP contribution in [0.5, 0.6) is 0 Å². The van der Waals surface area contributed by atoms with Crippen molar-refractivity contribution < 1.29 is 23.4 Å². The Morgan fingerprint density at radius 2 is 1.81 bits per heavy atom. The lowest BCUT2D eigenvalue weighted by Crippen LogP contribution is -2.48. The van der Waals surface area contributed by atoms with Gasteiger partial charge in [0.15, 0.2) is 0 Å². The van der Waals surface area contributed by atoms with Gasteiger partial charge in [-0.1, -0.05) is 36.4 Å². The van der Waals surface area contributed by atoms with E-state index in [-0.39, 0.29) is 9.77 Å². The Labute approximate surface area is 126 Å². The number of aliphatic hydroxyl groups is 1. The van der Waals surface area contributed by atoms with Crippen LogP contribution in [0.4, 0.5) is 0 Å². The molecule has 0 bridgehead atoms. The van der Waals surface area contributed by atoms with Crippen molar-refractivity contribution in [2.45, 2.75) is 22.0 Å². The molecule has 0 aliphatic heterocycles. The first-order chi connectivity index (χ1) is 9.81. The van der Waals surface area contributed by atoms with Gasteiger partial charge in [0.1, 0.15) is 10.3 Å². The van der Waals surface area contributed by atoms with Crippen LogP contribution in [0.1, 0.15) is 18.6 Å². The fraction of sp³-hybridized carbons (Fsp3) is 0.214. The topological polar surface area (TPSA) is 91.7 Å². The van der Waals surface area contributed by atoms with Crippen molar-refractivity contribution in [3.8, 4) is 0 Å². The summed E-state index contributed by atoms with van der Waals surface area (Å²) in [4.78, 5) is 11.6. The van der Waals surface area contributed by atoms with Crippen LogP contribution in [0.3, 0.4) is 0 Å². The second-order valence-corrected chi connectivity index (χ2v) is 8.16. The second-order valence-electron chi connectivity index (χ2n) is 4.66. The maximum atomic E-state index is 12.6. The molecule has 0 radical (unpaired) electrons. The molecule has 1 heterocycles. The monoisotopic (exact) mass is 326 g/mol. The zero-order valence-electron chi connectivity index (χ0n) is 11.1. The summed E-state index contributed by atoms with van der Waals surface area (Å²) < 4.78 is 22.8. The maximum Gasteiger partial charge on any atom is 0.328 e. The molecular weight excluding hydrogens is 312 g/mol. The van der Waals surface area contributed by atoms with Crippen LogP contribution in [0.2, 0.25) is 0 Å². The maximum absolute atomic E-state index is 12.6. The highest BCUT2D eigenvalue weighted by Crippen LogP contribution is 2.38. The molecule has 0 spiro atoms. The van der Waals surface area contributed by atoms with Crippen molar-refractivity contribution in [1.82, 2.24) is 0 Å². The number of aliphatic carboxylic acids is 1. The third-order valence-electron chi connectivity index (χ3n) is 3.38. The van der Waals surface area contributed by atoms with Crippen molar-refractivity contribution in [2.75, 3.05) is 0 Å². The van der Waals surface area contributed by atoms with Gasteiger partial charge >= 0.3 is 5.97 Å². The summed E-state index contributed by atoms with van der Waals surface area (Å²) in [6.45, 7) is 1.03. The van der Waals surface area contributed by atoms with E-state index in [1.54, 1.807) is 23.6 Å². The van der Waals surface area contributed by atoms with Gasteiger partial charge in [-0.2, -0.15) is 0 Å². The van der Waals surface area contributed by atoms with Gasteiger partial charge < -0.3 is 10.2 Å². The first-order valence-electron chi connectivity index (χ1n) is 6.06. The predicted octanol–water partition coefficient (Wildman–Crippen LogP) is 2.10. The molecular formula is C14H14O5S2. The average Bonchev–Trinajstić information content (AvgIpc) is 3.01. The molecule has 1 aromatic carbocycles. The lowest BCUT2D eigenvalue weighted by molar-refractivity contribution is -0.142. The number of thiophene rings is 1. The Kier molecular flexibility index (Phi) is 4.18. The van der Waals surface area contributed by atoms with Gasteiger partial charge in [0.2, 0.25) is 14.6 Å². The molecule has 0 saturated heterocycles. The number of carbonyl (C=O) groups is 1. The van der Waals surface area contributed by atoms with Gasteiger partial charge in [0.25, 0.3) is 0 Å². The molecule has 7 heteroatoms. The van der Waals surface area contributed by atoms with E-state index in [9.17, 15) is 23.4 Å². The van der Waals surface area contributed by atoms with E-state index < -0.39 is 26.7 Å². The molecule has 112 valence electrons. The molecule has 2 aromatic rings. The van der Waals surface area contributed by atoms with Crippen LogP contribution in [-0.2, 0) is 14.6 Å². The third-order valence-corrected chi connectivity index (χ3v) is 7.17. The molecule has 0 fully saturated rings. The van der Waals surface area contributed by atoms with Crippen LogP contribution in [0.15, 0.2) is 52.1 Å². The Bertz CT molecular complexity index is 722. The molecule has 2 rings (SSSR count). The Hall–Kier alpha value is -1.70. The average molecular weight is 326 g/mol. The zero-order chi connectivity index (χ0) is 15.7. The van der Waals surface area contributed by atoms with Crippen LogP contribution in [0, 0.1) is 0 Å². The normalized spacial score (nSPS) is 16.1. The number of carboxylic acids is 1. The number of hydrogen-bond acceptors (Lipinski definition) is 5. The smallest absolute Gasteiger partial charge is 0.328 e. The minimum Gasteiger partial charge on any atom is -0.480 e. The molecule has 2 N–H and O–H groups in total. The van der Waals surface area contributed by atoms with Gasteiger partial charge in [-0.3, -0.25) is 4.79 Å². The highest BCUT2D eigenvalue weighted by molar-refractivity contribution is 7.95. The van der Waals surface area contributed by atoms with Crippen LogP contribution in [0.25, 0.3) is 0 Å². The first-order valence-corrected chi connectivity index (χ1v) is 8.42. The van der Waals surface area contributed by atoms with Gasteiger partial charge in [0.05, 0.1) is 0 Å². The second kappa shape index (κ2) is 5.59. The van der Waals surface area contributed by atoms with Crippen molar-refractivity contribution in [1.29, 1.82) is 0 Å². The third kappa shape index (κ3) is 2.48. The lowest BCUT2D eigenvalue weighted by Gasteiger charge is -2.29. The number of sulfone groups is 1. The summed E-state index contributed by atoms with van der Waals surface area (Å²) in [5.41, 5.74) is 0.238. The van der Waals surface area contributed by atoms with E-state index in [1.165, 1.54) is 24.3 Å². The van der Waals surface area contributed by atoms with Crippen LogP contribution in [-0.4, -0.2) is 29.3 Å². The summed E-state index contributed by atoms with van der Waals surface area (Å²) in [7, 11) is -4.23. The molecule has 1 aromatic heterocycles. The minimum atomic E-state index is -4.23. The molecule has 0 aliphatic rings. The summed E-state index contributed by atoms with van der Waals surface area (Å²) in [6, 6.07) is 10.8. The SMILES string of the molecule is CC(C(=O)O)(C(O)c1ccccc1)S(=O)(=O)c1cccs1. The van der Waals surface area contributed by atoms with Crippen molar-refractivity contribution >= 4 is 27.1 Å². The van der Waals surface area contributed by atoms with Crippen molar-refractivity contribution in [2.24, 2.45) is 0 Å². The van der Waals surface area contributed by atoms with E-state index in [0.29, 0.717) is 0 Å². The number of aliphatic hydroxyl groups excluding tert-OH is 1. The lowest BCUT2D eigenvalue weighted by atomic mass is 9.97. The molecule has 21 heavy (non-hydrogen) atoms. The molecule has 0 aliphatic carbocycles.